The van der Waals surface area contributed by atoms with Crippen molar-refractivity contribution in [3.63, 3.8) is 0 Å². The highest BCUT2D eigenvalue weighted by molar-refractivity contribution is 6.69. The molecule has 7 nitrogen and oxygen atoms in total. The average molecular weight is 926 g/mol. The molecule has 0 amide bonds. The second-order valence-corrected chi connectivity index (χ2v) is 20.7. The molecule has 9 aromatic carbocycles. The molecule has 0 fully saturated rings. The minimum Gasteiger partial charge on any atom is -0.483 e. The van der Waals surface area contributed by atoms with Gasteiger partial charge in [-0.05, 0) is 114 Å². The van der Waals surface area contributed by atoms with Gasteiger partial charge in [-0.2, -0.15) is 0 Å². The van der Waals surface area contributed by atoms with Crippen LogP contribution in [0.3, 0.4) is 0 Å². The lowest BCUT2D eigenvalue weighted by molar-refractivity contribution is 0.260. The van der Waals surface area contributed by atoms with Crippen molar-refractivity contribution in [2.24, 2.45) is 4.99 Å². The Bertz CT molecular complexity index is 2850. The van der Waals surface area contributed by atoms with Crippen LogP contribution in [0.5, 0.6) is 34.5 Å². The van der Waals surface area contributed by atoms with E-state index in [4.69, 9.17) is 31.5 Å². The van der Waals surface area contributed by atoms with Gasteiger partial charge in [-0.25, -0.2) is 0 Å². The van der Waals surface area contributed by atoms with Crippen LogP contribution in [-0.2, 0) is 13.0 Å². The van der Waals surface area contributed by atoms with Crippen LogP contribution < -0.4 is 26.6 Å². The fourth-order valence-corrected chi connectivity index (χ4v) is 12.5. The van der Waals surface area contributed by atoms with E-state index in [-0.39, 0.29) is 0 Å². The van der Waals surface area contributed by atoms with Crippen LogP contribution in [0, 0.1) is 0 Å². The van der Waals surface area contributed by atoms with E-state index in [2.05, 4.69) is 55.5 Å². The van der Waals surface area contributed by atoms with Crippen LogP contribution in [0.25, 0.3) is 16.8 Å². The van der Waals surface area contributed by atoms with Crippen molar-refractivity contribution >= 4 is 40.2 Å². The minimum absolute atomic E-state index is 0.423. The molecule has 0 saturated heterocycles. The van der Waals surface area contributed by atoms with Gasteiger partial charge in [0, 0.05) is 17.0 Å². The molecule has 9 heteroatoms. The zero-order valence-electron chi connectivity index (χ0n) is 37.8. The molecule has 0 aliphatic carbocycles. The van der Waals surface area contributed by atoms with Crippen molar-refractivity contribution in [3.05, 3.63) is 271 Å². The maximum Gasteiger partial charge on any atom is 0.729 e. The molecular formula is C59H51NO6Si2. The van der Waals surface area contributed by atoms with Crippen molar-refractivity contribution < 1.29 is 26.6 Å². The Balaban J connectivity index is 1.06. The monoisotopic (exact) mass is 925 g/mol. The van der Waals surface area contributed by atoms with Crippen LogP contribution in [0.4, 0.5) is 0 Å². The van der Waals surface area contributed by atoms with E-state index in [9.17, 15) is 0 Å². The average Bonchev–Trinajstić information content (AvgIpc) is 3.38. The lowest BCUT2D eigenvalue weighted by Gasteiger charge is -2.31. The second-order valence-electron chi connectivity index (χ2n) is 16.0. The number of aliphatic imine (C=N–C) groups is 1. The van der Waals surface area contributed by atoms with E-state index >= 15 is 0 Å². The molecule has 0 heterocycles. The van der Waals surface area contributed by atoms with Gasteiger partial charge in [-0.15, -0.1) is 0 Å². The molecule has 0 atom stereocenters. The maximum absolute atomic E-state index is 6.92. The highest BCUT2D eigenvalue weighted by Crippen LogP contribution is 2.32. The summed E-state index contributed by atoms with van der Waals surface area (Å²) in [7, 11) is -7.28. The third-order valence-corrected chi connectivity index (χ3v) is 15.8. The molecule has 0 N–H and O–H groups in total. The van der Waals surface area contributed by atoms with Crippen LogP contribution in [0.1, 0.15) is 29.2 Å². The van der Waals surface area contributed by atoms with Gasteiger partial charge in [0.2, 0.25) is 0 Å². The van der Waals surface area contributed by atoms with Crippen LogP contribution in [0.2, 0.25) is 6.04 Å². The highest BCUT2D eigenvalue weighted by Gasteiger charge is 2.49. The number of para-hydroxylation sites is 6. The number of benzene rings is 9. The van der Waals surface area contributed by atoms with E-state index in [0.717, 1.165) is 38.7 Å². The van der Waals surface area contributed by atoms with Gasteiger partial charge in [0.25, 0.3) is 0 Å². The third-order valence-electron chi connectivity index (χ3n) is 11.1. The molecule has 9 aromatic rings. The topological polar surface area (TPSA) is 67.7 Å². The summed E-state index contributed by atoms with van der Waals surface area (Å²) in [5.41, 5.74) is 7.06. The van der Waals surface area contributed by atoms with Crippen molar-refractivity contribution in [2.45, 2.75) is 25.9 Å². The molecule has 9 rings (SSSR count). The molecule has 0 aliphatic heterocycles. The maximum atomic E-state index is 6.92. The van der Waals surface area contributed by atoms with Crippen molar-refractivity contribution in [1.29, 1.82) is 0 Å². The summed E-state index contributed by atoms with van der Waals surface area (Å²) in [5, 5.41) is 2.25. The quantitative estimate of drug-likeness (QED) is 0.0560. The fourth-order valence-electron chi connectivity index (χ4n) is 7.90. The van der Waals surface area contributed by atoms with Crippen molar-refractivity contribution in [3.8, 4) is 34.5 Å². The molecule has 336 valence electrons. The third kappa shape index (κ3) is 11.8. The summed E-state index contributed by atoms with van der Waals surface area (Å²) in [6.45, 7) is 2.52. The Hall–Kier alpha value is -8.12. The zero-order valence-corrected chi connectivity index (χ0v) is 39.8. The highest BCUT2D eigenvalue weighted by atomic mass is 28.4. The standard InChI is InChI=1S/C59H51NO6Si2/c1-47(60-46-51-26-21-20-24-48(51)42-44-67(61-52-27-8-2-9-28-52,62-53-29-10-3-11-30-53)63-54-31-12-4-13-32-54)59-50(41-40-49-25-22-23-39-58(49)59)43-45-68(64-55-33-14-5-15-34-55,65-56-35-16-6-17-36-56)66-57-37-18-7-19-38-57/h2-42,44H,43,45-46H2,1H3/b44-42+,60-47?. The minimum atomic E-state index is -3.70. The lowest BCUT2D eigenvalue weighted by atomic mass is 9.94. The molecule has 0 unspecified atom stereocenters. The van der Waals surface area contributed by atoms with E-state index in [1.54, 1.807) is 0 Å². The molecule has 0 radical (unpaired) electrons. The Morgan fingerprint density at radius 1 is 0.412 bits per heavy atom. The van der Waals surface area contributed by atoms with Gasteiger partial charge >= 0.3 is 17.6 Å². The van der Waals surface area contributed by atoms with Crippen molar-refractivity contribution in [2.75, 3.05) is 0 Å². The number of hydrogen-bond acceptors (Lipinski definition) is 7. The molecule has 0 saturated carbocycles. The van der Waals surface area contributed by atoms with Gasteiger partial charge in [0.1, 0.15) is 34.5 Å². The van der Waals surface area contributed by atoms with Crippen LogP contribution in [-0.4, -0.2) is 23.3 Å². The Morgan fingerprint density at radius 2 is 0.809 bits per heavy atom. The van der Waals surface area contributed by atoms with Crippen LogP contribution in [0.15, 0.2) is 253 Å². The van der Waals surface area contributed by atoms with E-state index in [1.165, 1.54) is 0 Å². The van der Waals surface area contributed by atoms with Crippen molar-refractivity contribution in [1.82, 2.24) is 0 Å². The Kier molecular flexibility index (Phi) is 14.5. The summed E-state index contributed by atoms with van der Waals surface area (Å²) in [6.07, 6.45) is 2.64. The first-order chi connectivity index (χ1) is 33.5. The predicted octanol–water partition coefficient (Wildman–Crippen LogP) is 14.3. The van der Waals surface area contributed by atoms with Gasteiger partial charge in [-0.1, -0.05) is 176 Å². The summed E-state index contributed by atoms with van der Waals surface area (Å²) in [5.74, 6) is 3.96. The largest absolute Gasteiger partial charge is 0.729 e. The number of rotatable bonds is 20. The summed E-state index contributed by atoms with van der Waals surface area (Å²) < 4.78 is 41.1. The van der Waals surface area contributed by atoms with E-state index in [1.807, 2.05) is 206 Å². The normalized spacial score (nSPS) is 11.8. The first-order valence-electron chi connectivity index (χ1n) is 22.7. The number of aryl methyl sites for hydroxylation is 1. The Morgan fingerprint density at radius 3 is 1.28 bits per heavy atom. The van der Waals surface area contributed by atoms with Gasteiger partial charge in [0.05, 0.1) is 12.6 Å². The molecule has 0 bridgehead atoms. The lowest BCUT2D eigenvalue weighted by Crippen LogP contribution is -2.55. The van der Waals surface area contributed by atoms with Gasteiger partial charge in [0.15, 0.2) is 0 Å². The number of nitrogens with zero attached hydrogens (tertiary/aromatic N) is 1. The van der Waals surface area contributed by atoms with Gasteiger partial charge in [-0.3, -0.25) is 4.99 Å². The SMILES string of the molecule is CC(=NCc1ccccc1/C=C/[Si](Oc1ccccc1)(Oc1ccccc1)Oc1ccccc1)c1c(CC[Si](Oc2ccccc2)(Oc2ccccc2)Oc2ccccc2)ccc2ccccc12. The number of fused-ring (bicyclic) bond motifs is 1. The van der Waals surface area contributed by atoms with E-state index < -0.39 is 17.6 Å². The summed E-state index contributed by atoms with van der Waals surface area (Å²) >= 11 is 0. The van der Waals surface area contributed by atoms with Gasteiger partial charge < -0.3 is 26.6 Å². The summed E-state index contributed by atoms with van der Waals surface area (Å²) in [6, 6.07) is 79.9. The fraction of sp³-hybridized carbons (Fsp3) is 0.0678. The smallest absolute Gasteiger partial charge is 0.483 e. The van der Waals surface area contributed by atoms with E-state index in [0.29, 0.717) is 53.5 Å². The Labute approximate surface area is 400 Å². The van der Waals surface area contributed by atoms with Crippen LogP contribution >= 0.6 is 0 Å². The molecule has 68 heavy (non-hydrogen) atoms. The summed E-state index contributed by atoms with van der Waals surface area (Å²) in [4.78, 5) is 5.35. The second kappa shape index (κ2) is 21.9. The molecule has 0 spiro atoms. The number of hydrogen-bond donors (Lipinski definition) is 0. The predicted molar refractivity (Wildman–Crippen MR) is 278 cm³/mol. The first kappa shape index (κ1) is 45.1. The molecule has 0 aliphatic rings. The zero-order chi connectivity index (χ0) is 46.3. The molecule has 0 aromatic heterocycles. The first-order valence-corrected chi connectivity index (χ1v) is 26.5. The molecular weight excluding hydrogens is 875 g/mol.